The van der Waals surface area contributed by atoms with E-state index in [4.69, 9.17) is 15.0 Å². The van der Waals surface area contributed by atoms with Gasteiger partial charge >= 0.3 is 0 Å². The number of nitriles is 1. The van der Waals surface area contributed by atoms with Crippen molar-refractivity contribution in [1.82, 2.24) is 9.55 Å². The second-order valence-electron chi connectivity index (χ2n) is 5.07. The standard InChI is InChI=1S/C18H17N3O/c1-22-15-10-8-14(9-11-15)18-20-16-6-2-3-7-17(16)21(18)13-5-4-12-19/h2-3,6-11H,4-5,13H2,1H3. The van der Waals surface area contributed by atoms with Crippen molar-refractivity contribution in [3.8, 4) is 23.2 Å². The second-order valence-corrected chi connectivity index (χ2v) is 5.07. The van der Waals surface area contributed by atoms with Crippen molar-refractivity contribution in [2.45, 2.75) is 19.4 Å². The number of fused-ring (bicyclic) bond motifs is 1. The fourth-order valence-electron chi connectivity index (χ4n) is 2.58. The minimum atomic E-state index is 0.550. The van der Waals surface area contributed by atoms with Crippen LogP contribution in [0, 0.1) is 11.3 Å². The predicted octanol–water partition coefficient (Wildman–Crippen LogP) is 4.02. The van der Waals surface area contributed by atoms with E-state index >= 15 is 0 Å². The zero-order valence-corrected chi connectivity index (χ0v) is 12.5. The third-order valence-corrected chi connectivity index (χ3v) is 3.67. The lowest BCUT2D eigenvalue weighted by atomic mass is 10.2. The average Bonchev–Trinajstić information content (AvgIpc) is 2.94. The highest BCUT2D eigenvalue weighted by molar-refractivity contribution is 5.80. The molecule has 0 spiro atoms. The Morgan fingerprint density at radius 3 is 2.64 bits per heavy atom. The van der Waals surface area contributed by atoms with E-state index in [0.717, 1.165) is 41.1 Å². The number of para-hydroxylation sites is 2. The Hall–Kier alpha value is -2.80. The quantitative estimate of drug-likeness (QED) is 0.667. The Labute approximate surface area is 129 Å². The fourth-order valence-corrected chi connectivity index (χ4v) is 2.58. The van der Waals surface area contributed by atoms with Gasteiger partial charge in [0.2, 0.25) is 0 Å². The van der Waals surface area contributed by atoms with Crippen LogP contribution in [0.2, 0.25) is 0 Å². The Bertz CT molecular complexity index is 812. The van der Waals surface area contributed by atoms with Gasteiger partial charge in [0.1, 0.15) is 11.6 Å². The third kappa shape index (κ3) is 2.66. The average molecular weight is 291 g/mol. The number of hydrogen-bond donors (Lipinski definition) is 0. The van der Waals surface area contributed by atoms with Crippen molar-refractivity contribution in [1.29, 1.82) is 5.26 Å². The summed E-state index contributed by atoms with van der Waals surface area (Å²) in [7, 11) is 1.66. The van der Waals surface area contributed by atoms with Crippen LogP contribution in [0.25, 0.3) is 22.4 Å². The first-order chi connectivity index (χ1) is 10.8. The van der Waals surface area contributed by atoms with E-state index in [1.165, 1.54) is 0 Å². The summed E-state index contributed by atoms with van der Waals surface area (Å²) in [6, 6.07) is 18.2. The molecule has 0 bridgehead atoms. The second kappa shape index (κ2) is 6.31. The van der Waals surface area contributed by atoms with Gasteiger partial charge < -0.3 is 9.30 Å². The minimum Gasteiger partial charge on any atom is -0.497 e. The molecular formula is C18H17N3O. The van der Waals surface area contributed by atoms with Gasteiger partial charge in [-0.1, -0.05) is 12.1 Å². The smallest absolute Gasteiger partial charge is 0.141 e. The molecule has 1 heterocycles. The Morgan fingerprint density at radius 2 is 1.91 bits per heavy atom. The van der Waals surface area contributed by atoms with Crippen molar-refractivity contribution in [2.75, 3.05) is 7.11 Å². The van der Waals surface area contributed by atoms with Gasteiger partial charge in [-0.2, -0.15) is 5.26 Å². The van der Waals surface area contributed by atoms with E-state index in [2.05, 4.69) is 16.7 Å². The van der Waals surface area contributed by atoms with E-state index in [1.54, 1.807) is 7.11 Å². The molecule has 0 atom stereocenters. The van der Waals surface area contributed by atoms with Crippen molar-refractivity contribution >= 4 is 11.0 Å². The van der Waals surface area contributed by atoms with Crippen LogP contribution < -0.4 is 4.74 Å². The molecule has 4 nitrogen and oxygen atoms in total. The molecule has 110 valence electrons. The van der Waals surface area contributed by atoms with Crippen molar-refractivity contribution in [3.05, 3.63) is 48.5 Å². The van der Waals surface area contributed by atoms with E-state index in [-0.39, 0.29) is 0 Å². The first kappa shape index (κ1) is 14.2. The largest absolute Gasteiger partial charge is 0.497 e. The first-order valence-electron chi connectivity index (χ1n) is 7.30. The van der Waals surface area contributed by atoms with Crippen LogP contribution in [0.15, 0.2) is 48.5 Å². The predicted molar refractivity (Wildman–Crippen MR) is 86.6 cm³/mol. The van der Waals surface area contributed by atoms with Crippen LogP contribution in [0.5, 0.6) is 5.75 Å². The van der Waals surface area contributed by atoms with Gasteiger partial charge in [-0.25, -0.2) is 4.98 Å². The summed E-state index contributed by atoms with van der Waals surface area (Å²) in [4.78, 5) is 4.76. The molecular weight excluding hydrogens is 274 g/mol. The maximum atomic E-state index is 8.76. The molecule has 3 rings (SSSR count). The number of methoxy groups -OCH3 is 1. The molecule has 0 unspecified atom stereocenters. The number of unbranched alkanes of at least 4 members (excludes halogenated alkanes) is 1. The highest BCUT2D eigenvalue weighted by atomic mass is 16.5. The van der Waals surface area contributed by atoms with Gasteiger partial charge in [0.25, 0.3) is 0 Å². The molecule has 1 aromatic heterocycles. The maximum absolute atomic E-state index is 8.76. The van der Waals surface area contributed by atoms with Crippen LogP contribution in [-0.4, -0.2) is 16.7 Å². The Kier molecular flexibility index (Phi) is 4.06. The molecule has 0 aliphatic heterocycles. The number of imidazole rings is 1. The molecule has 0 saturated carbocycles. The summed E-state index contributed by atoms with van der Waals surface area (Å²) < 4.78 is 7.40. The van der Waals surface area contributed by atoms with E-state index in [0.29, 0.717) is 6.42 Å². The number of ether oxygens (including phenoxy) is 1. The molecule has 2 aromatic carbocycles. The fraction of sp³-hybridized carbons (Fsp3) is 0.222. The van der Waals surface area contributed by atoms with Crippen LogP contribution >= 0.6 is 0 Å². The molecule has 0 amide bonds. The maximum Gasteiger partial charge on any atom is 0.141 e. The summed E-state index contributed by atoms with van der Waals surface area (Å²) in [6.45, 7) is 0.787. The molecule has 3 aromatic rings. The first-order valence-corrected chi connectivity index (χ1v) is 7.30. The van der Waals surface area contributed by atoms with Gasteiger partial charge in [0, 0.05) is 18.5 Å². The van der Waals surface area contributed by atoms with Crippen molar-refractivity contribution in [3.63, 3.8) is 0 Å². The zero-order valence-electron chi connectivity index (χ0n) is 12.5. The molecule has 0 aliphatic carbocycles. The zero-order chi connectivity index (χ0) is 15.4. The minimum absolute atomic E-state index is 0.550. The van der Waals surface area contributed by atoms with Crippen LogP contribution in [0.3, 0.4) is 0 Å². The number of aromatic nitrogens is 2. The molecule has 0 fully saturated rings. The van der Waals surface area contributed by atoms with Crippen molar-refractivity contribution < 1.29 is 4.74 Å². The third-order valence-electron chi connectivity index (χ3n) is 3.67. The number of hydrogen-bond acceptors (Lipinski definition) is 3. The van der Waals surface area contributed by atoms with Gasteiger partial charge in [-0.15, -0.1) is 0 Å². The van der Waals surface area contributed by atoms with Crippen LogP contribution in [0.1, 0.15) is 12.8 Å². The highest BCUT2D eigenvalue weighted by Gasteiger charge is 2.12. The summed E-state index contributed by atoms with van der Waals surface area (Å²) in [5, 5.41) is 8.76. The molecule has 0 saturated heterocycles. The van der Waals surface area contributed by atoms with E-state index in [1.807, 2.05) is 42.5 Å². The Morgan fingerprint density at radius 1 is 1.14 bits per heavy atom. The summed E-state index contributed by atoms with van der Waals surface area (Å²) in [5.41, 5.74) is 3.13. The molecule has 4 heteroatoms. The molecule has 0 radical (unpaired) electrons. The van der Waals surface area contributed by atoms with Gasteiger partial charge in [0.05, 0.1) is 24.2 Å². The lowest BCUT2D eigenvalue weighted by Gasteiger charge is -2.09. The lowest BCUT2D eigenvalue weighted by molar-refractivity contribution is 0.415. The normalized spacial score (nSPS) is 10.5. The summed E-state index contributed by atoms with van der Waals surface area (Å²) in [5.74, 6) is 1.76. The summed E-state index contributed by atoms with van der Waals surface area (Å²) in [6.07, 6.45) is 1.37. The molecule has 0 N–H and O–H groups in total. The Balaban J connectivity index is 2.06. The van der Waals surface area contributed by atoms with Gasteiger partial charge in [-0.3, -0.25) is 0 Å². The highest BCUT2D eigenvalue weighted by Crippen LogP contribution is 2.26. The monoisotopic (exact) mass is 291 g/mol. The van der Waals surface area contributed by atoms with Gasteiger partial charge in [-0.05, 0) is 42.8 Å². The van der Waals surface area contributed by atoms with Gasteiger partial charge in [0.15, 0.2) is 0 Å². The van der Waals surface area contributed by atoms with E-state index < -0.39 is 0 Å². The number of rotatable bonds is 5. The summed E-state index contributed by atoms with van der Waals surface area (Å²) >= 11 is 0. The number of benzene rings is 2. The molecule has 22 heavy (non-hydrogen) atoms. The number of nitrogens with zero attached hydrogens (tertiary/aromatic N) is 3. The SMILES string of the molecule is COc1ccc(-c2nc3ccccc3n2CCCC#N)cc1. The van der Waals surface area contributed by atoms with Crippen LogP contribution in [-0.2, 0) is 6.54 Å². The van der Waals surface area contributed by atoms with Crippen LogP contribution in [0.4, 0.5) is 0 Å². The molecule has 0 aliphatic rings. The lowest BCUT2D eigenvalue weighted by Crippen LogP contribution is -2.00. The topological polar surface area (TPSA) is 50.8 Å². The number of aryl methyl sites for hydroxylation is 1. The van der Waals surface area contributed by atoms with E-state index in [9.17, 15) is 0 Å². The van der Waals surface area contributed by atoms with Crippen molar-refractivity contribution in [2.24, 2.45) is 0 Å².